The van der Waals surface area contributed by atoms with Crippen molar-refractivity contribution in [2.24, 2.45) is 0 Å². The molecule has 0 aromatic heterocycles. The van der Waals surface area contributed by atoms with Crippen LogP contribution >= 0.6 is 0 Å². The number of hydrogen-bond acceptors (Lipinski definition) is 1. The van der Waals surface area contributed by atoms with Gasteiger partial charge >= 0.3 is 0 Å². The summed E-state index contributed by atoms with van der Waals surface area (Å²) in [6.45, 7) is 0. The molecule has 12 aromatic rings. The van der Waals surface area contributed by atoms with Gasteiger partial charge < -0.3 is 4.90 Å². The molecule has 0 amide bonds. The maximum absolute atomic E-state index is 2.47. The lowest BCUT2D eigenvalue weighted by Crippen LogP contribution is -2.11. The summed E-state index contributed by atoms with van der Waals surface area (Å²) in [6.07, 6.45) is 0. The summed E-state index contributed by atoms with van der Waals surface area (Å²) in [5.74, 6) is 0. The molecule has 0 aliphatic rings. The summed E-state index contributed by atoms with van der Waals surface area (Å²) in [5, 5.41) is 14.9. The van der Waals surface area contributed by atoms with Gasteiger partial charge in [-0.25, -0.2) is 0 Å². The van der Waals surface area contributed by atoms with Crippen LogP contribution in [-0.4, -0.2) is 0 Å². The highest BCUT2D eigenvalue weighted by molar-refractivity contribution is 6.22. The van der Waals surface area contributed by atoms with E-state index in [0.717, 1.165) is 17.1 Å². The van der Waals surface area contributed by atoms with Crippen LogP contribution in [0.5, 0.6) is 0 Å². The summed E-state index contributed by atoms with van der Waals surface area (Å²) in [7, 11) is 0. The minimum absolute atomic E-state index is 1.10. The van der Waals surface area contributed by atoms with Gasteiger partial charge in [-0.15, -0.1) is 0 Å². The van der Waals surface area contributed by atoms with Crippen LogP contribution in [0.1, 0.15) is 0 Å². The number of fused-ring (bicyclic) bond motifs is 9. The van der Waals surface area contributed by atoms with Crippen LogP contribution in [0, 0.1) is 0 Å². The van der Waals surface area contributed by atoms with Crippen LogP contribution in [0.15, 0.2) is 237 Å². The fraction of sp³-hybridized carbons (Fsp3) is 0. The Morgan fingerprint density at radius 2 is 0.672 bits per heavy atom. The Balaban J connectivity index is 1.08. The van der Waals surface area contributed by atoms with Gasteiger partial charge in [0.2, 0.25) is 0 Å². The van der Waals surface area contributed by atoms with E-state index in [2.05, 4.69) is 241 Å². The first-order valence-corrected chi connectivity index (χ1v) is 21.1. The van der Waals surface area contributed by atoms with E-state index in [4.69, 9.17) is 0 Å². The van der Waals surface area contributed by atoms with Crippen LogP contribution in [-0.2, 0) is 0 Å². The van der Waals surface area contributed by atoms with E-state index < -0.39 is 0 Å². The molecular formula is C60H39N. The highest BCUT2D eigenvalue weighted by atomic mass is 15.1. The zero-order chi connectivity index (χ0) is 40.3. The van der Waals surface area contributed by atoms with Crippen LogP contribution in [0.25, 0.3) is 98.0 Å². The van der Waals surface area contributed by atoms with Crippen LogP contribution < -0.4 is 4.90 Å². The molecule has 0 radical (unpaired) electrons. The first-order chi connectivity index (χ1) is 30.3. The van der Waals surface area contributed by atoms with Gasteiger partial charge in [0.05, 0.1) is 11.4 Å². The van der Waals surface area contributed by atoms with Crippen molar-refractivity contribution in [3.8, 4) is 33.4 Å². The first kappa shape index (κ1) is 35.0. The molecule has 1 nitrogen and oxygen atoms in total. The van der Waals surface area contributed by atoms with E-state index in [1.165, 1.54) is 98.0 Å². The van der Waals surface area contributed by atoms with E-state index in [1.807, 2.05) is 0 Å². The Morgan fingerprint density at radius 1 is 0.213 bits per heavy atom. The molecule has 0 fully saturated rings. The predicted molar refractivity (Wildman–Crippen MR) is 262 cm³/mol. The highest BCUT2D eigenvalue weighted by Crippen LogP contribution is 2.48. The summed E-state index contributed by atoms with van der Waals surface area (Å²) in [4.78, 5) is 2.47. The normalized spacial score (nSPS) is 11.6. The Kier molecular flexibility index (Phi) is 8.25. The summed E-state index contributed by atoms with van der Waals surface area (Å²) in [6, 6.07) is 86.9. The summed E-state index contributed by atoms with van der Waals surface area (Å²) < 4.78 is 0. The van der Waals surface area contributed by atoms with Gasteiger partial charge in [0, 0.05) is 16.5 Å². The van der Waals surface area contributed by atoms with Crippen LogP contribution in [0.2, 0.25) is 0 Å². The summed E-state index contributed by atoms with van der Waals surface area (Å²) in [5.41, 5.74) is 10.7. The lowest BCUT2D eigenvalue weighted by molar-refractivity contribution is 1.32. The Morgan fingerprint density at radius 3 is 1.36 bits per heavy atom. The molecule has 0 bridgehead atoms. The highest BCUT2D eigenvalue weighted by Gasteiger charge is 2.21. The molecule has 0 aliphatic heterocycles. The number of benzene rings is 12. The van der Waals surface area contributed by atoms with Crippen molar-refractivity contribution in [2.75, 3.05) is 4.90 Å². The molecule has 0 aliphatic carbocycles. The van der Waals surface area contributed by atoms with Gasteiger partial charge in [-0.05, 0) is 118 Å². The second kappa shape index (κ2) is 14.4. The number of hydrogen-bond donors (Lipinski definition) is 0. The van der Waals surface area contributed by atoms with E-state index in [9.17, 15) is 0 Å². The average molecular weight is 774 g/mol. The van der Waals surface area contributed by atoms with Gasteiger partial charge in [-0.1, -0.05) is 206 Å². The Labute approximate surface area is 355 Å². The zero-order valence-corrected chi connectivity index (χ0v) is 33.5. The van der Waals surface area contributed by atoms with Crippen LogP contribution in [0.3, 0.4) is 0 Å². The second-order valence-electron chi connectivity index (χ2n) is 16.0. The molecule has 0 unspecified atom stereocenters. The molecule has 0 saturated heterocycles. The van der Waals surface area contributed by atoms with Crippen molar-refractivity contribution in [1.29, 1.82) is 0 Å². The number of rotatable bonds is 6. The molecule has 61 heavy (non-hydrogen) atoms. The predicted octanol–water partition coefficient (Wildman–Crippen LogP) is 17.1. The van der Waals surface area contributed by atoms with Gasteiger partial charge in [0.15, 0.2) is 0 Å². The largest absolute Gasteiger partial charge is 0.309 e. The minimum atomic E-state index is 1.10. The van der Waals surface area contributed by atoms with Gasteiger partial charge in [-0.3, -0.25) is 0 Å². The average Bonchev–Trinajstić information content (AvgIpc) is 3.34. The third kappa shape index (κ3) is 5.78. The third-order valence-electron chi connectivity index (χ3n) is 12.6. The van der Waals surface area contributed by atoms with Crippen molar-refractivity contribution in [3.63, 3.8) is 0 Å². The van der Waals surface area contributed by atoms with Gasteiger partial charge in [0.1, 0.15) is 0 Å². The summed E-state index contributed by atoms with van der Waals surface area (Å²) >= 11 is 0. The molecule has 0 spiro atoms. The molecule has 0 heterocycles. The zero-order valence-electron chi connectivity index (χ0n) is 33.5. The molecule has 12 aromatic carbocycles. The molecule has 0 N–H and O–H groups in total. The topological polar surface area (TPSA) is 3.24 Å². The fourth-order valence-electron chi connectivity index (χ4n) is 9.83. The Bertz CT molecular complexity index is 3630. The molecular weight excluding hydrogens is 735 g/mol. The number of nitrogens with zero attached hydrogens (tertiary/aromatic N) is 1. The van der Waals surface area contributed by atoms with Crippen molar-refractivity contribution in [2.45, 2.75) is 0 Å². The first-order valence-electron chi connectivity index (χ1n) is 21.1. The lowest BCUT2D eigenvalue weighted by Gasteiger charge is -2.29. The smallest absolute Gasteiger partial charge is 0.0546 e. The molecule has 0 saturated carbocycles. The Hall–Kier alpha value is -8.00. The lowest BCUT2D eigenvalue weighted by atomic mass is 9.84. The SMILES string of the molecule is c1ccc(-c2c(-c3ccccc3)c3cc(-c4ccc(N(c5cccc6c5ccc5ccccc56)c5cc6ccccc6c6ccccc56)cc4)ccc3c3ccccc23)cc1. The monoisotopic (exact) mass is 773 g/mol. The van der Waals surface area contributed by atoms with Crippen molar-refractivity contribution < 1.29 is 0 Å². The molecule has 0 atom stereocenters. The maximum atomic E-state index is 2.47. The van der Waals surface area contributed by atoms with E-state index >= 15 is 0 Å². The van der Waals surface area contributed by atoms with Crippen molar-refractivity contribution in [1.82, 2.24) is 0 Å². The van der Waals surface area contributed by atoms with Crippen molar-refractivity contribution >= 4 is 81.7 Å². The number of anilines is 3. The fourth-order valence-corrected chi connectivity index (χ4v) is 9.83. The standard InChI is InChI=1S/C60H39N/c1-3-17-42(18-4-1)59-55-27-14-12-25-51(55)52-36-33-44(38-56(52)60(59)43-19-5-2-6-20-43)40-30-34-46(35-31-40)61(57-29-15-28-50-47-22-9-7-16-41(47)32-37-54(50)57)58-39-45-21-8-10-23-48(45)49-24-11-13-26-53(49)58/h1-39H. The quantitative estimate of drug-likeness (QED) is 0.152. The molecule has 1 heteroatoms. The minimum Gasteiger partial charge on any atom is -0.309 e. The third-order valence-corrected chi connectivity index (χ3v) is 12.6. The van der Waals surface area contributed by atoms with E-state index in [0.29, 0.717) is 0 Å². The molecule has 284 valence electrons. The second-order valence-corrected chi connectivity index (χ2v) is 16.0. The molecule has 12 rings (SSSR count). The van der Waals surface area contributed by atoms with E-state index in [1.54, 1.807) is 0 Å². The van der Waals surface area contributed by atoms with Crippen molar-refractivity contribution in [3.05, 3.63) is 237 Å². The van der Waals surface area contributed by atoms with E-state index in [-0.39, 0.29) is 0 Å². The van der Waals surface area contributed by atoms with Gasteiger partial charge in [0.25, 0.3) is 0 Å². The van der Waals surface area contributed by atoms with Gasteiger partial charge in [-0.2, -0.15) is 0 Å². The van der Waals surface area contributed by atoms with Crippen LogP contribution in [0.4, 0.5) is 17.1 Å². The maximum Gasteiger partial charge on any atom is 0.0546 e.